The van der Waals surface area contributed by atoms with Crippen LogP contribution in [0, 0.1) is 23.7 Å². The molecule has 0 spiro atoms. The third-order valence-corrected chi connectivity index (χ3v) is 12.3. The number of hydrogen-bond donors (Lipinski definition) is 3. The SMILES string of the molecule is CC(=O)O[C@@H]1C(C)=C[C@@H]2[C@H](C(C)CN(C)C3CCCCC3)CC[C@@H](C)[C@]2(O)[C@H]1OC(=O)[C@@H]1C[C@@]2(O)c3cccc(Cl)c3N(C)O[C@H]2N1. The van der Waals surface area contributed by atoms with Crippen LogP contribution in [0.1, 0.15) is 84.6 Å². The van der Waals surface area contributed by atoms with Gasteiger partial charge in [-0.1, -0.05) is 62.9 Å². The van der Waals surface area contributed by atoms with Gasteiger partial charge in [0.1, 0.15) is 17.2 Å². The molecule has 6 rings (SSSR count). The number of hydrogen-bond acceptors (Lipinski definition) is 10. The summed E-state index contributed by atoms with van der Waals surface area (Å²) < 4.78 is 12.1. The van der Waals surface area contributed by atoms with Gasteiger partial charge in [-0.15, -0.1) is 0 Å². The van der Waals surface area contributed by atoms with Crippen molar-refractivity contribution in [2.45, 2.75) is 121 Å². The van der Waals surface area contributed by atoms with Crippen molar-refractivity contribution in [3.05, 3.63) is 40.4 Å². The van der Waals surface area contributed by atoms with Crippen molar-refractivity contribution >= 4 is 29.2 Å². The minimum Gasteiger partial charge on any atom is -0.454 e. The molecule has 47 heavy (non-hydrogen) atoms. The fraction of sp³-hybridized carbons (Fsp3) is 0.722. The average Bonchev–Trinajstić information content (AvgIpc) is 3.38. The van der Waals surface area contributed by atoms with E-state index in [1.54, 1.807) is 25.2 Å². The Bertz CT molecular complexity index is 1390. The van der Waals surface area contributed by atoms with Crippen molar-refractivity contribution in [1.82, 2.24) is 10.2 Å². The third kappa shape index (κ3) is 6.12. The number of nitrogens with zero attached hydrogens (tertiary/aromatic N) is 2. The number of para-hydroxylation sites is 1. The molecule has 1 saturated heterocycles. The zero-order valence-electron chi connectivity index (χ0n) is 28.6. The van der Waals surface area contributed by atoms with Crippen LogP contribution >= 0.6 is 11.6 Å². The summed E-state index contributed by atoms with van der Waals surface area (Å²) in [4.78, 5) is 34.9. The summed E-state index contributed by atoms with van der Waals surface area (Å²) in [5.41, 5.74) is -1.16. The minimum absolute atomic E-state index is 0.0258. The Hall–Kier alpha value is -2.21. The normalized spacial score (nSPS) is 37.8. The number of carbonyl (C=O) groups is 2. The van der Waals surface area contributed by atoms with Gasteiger partial charge in [0.25, 0.3) is 0 Å². The maximum absolute atomic E-state index is 14.1. The molecule has 5 aliphatic rings. The van der Waals surface area contributed by atoms with Gasteiger partial charge in [-0.25, -0.2) is 0 Å². The highest BCUT2D eigenvalue weighted by Crippen LogP contribution is 2.53. The van der Waals surface area contributed by atoms with Crippen molar-refractivity contribution < 1.29 is 34.1 Å². The lowest BCUT2D eigenvalue weighted by atomic mass is 9.55. The molecule has 11 heteroatoms. The standard InChI is InChI=1S/C36H52ClN3O7/c1-20-17-27-25(21(2)19-39(5)24-11-8-7-9-12-24)16-15-22(3)36(27,44)32(31(20)45-23(4)41)46-33(42)29-18-35(43)26-13-10-14-28(37)30(26)40(6)47-34(35)38-29/h10,13-14,17,21-22,24-25,27,29,31-32,34,38,43-44H,7-9,11-12,15-16,18-19H2,1-6H3/t21?,22-,25+,27-,29+,31-,32+,34-,35-,36-/m1/s1. The first-order valence-corrected chi connectivity index (χ1v) is 17.8. The number of esters is 2. The van der Waals surface area contributed by atoms with E-state index in [0.717, 1.165) is 25.0 Å². The topological polar surface area (TPSA) is 121 Å². The Kier molecular flexibility index (Phi) is 9.77. The van der Waals surface area contributed by atoms with Crippen LogP contribution in [0.2, 0.25) is 5.02 Å². The van der Waals surface area contributed by atoms with Crippen molar-refractivity contribution in [3.8, 4) is 0 Å². The second kappa shape index (κ2) is 13.2. The number of anilines is 1. The maximum atomic E-state index is 14.1. The number of hydroxylamine groups is 1. The Morgan fingerprint density at radius 2 is 1.89 bits per heavy atom. The highest BCUT2D eigenvalue weighted by Gasteiger charge is 2.62. The first-order chi connectivity index (χ1) is 22.2. The fourth-order valence-corrected chi connectivity index (χ4v) is 9.71. The quantitative estimate of drug-likeness (QED) is 0.278. The zero-order chi connectivity index (χ0) is 33.8. The highest BCUT2D eigenvalue weighted by molar-refractivity contribution is 6.33. The molecular weight excluding hydrogens is 622 g/mol. The van der Waals surface area contributed by atoms with Gasteiger partial charge in [0.05, 0.1) is 10.7 Å². The van der Waals surface area contributed by atoms with Crippen LogP contribution in [0.15, 0.2) is 29.8 Å². The lowest BCUT2D eigenvalue weighted by Crippen LogP contribution is -2.66. The molecule has 3 fully saturated rings. The fourth-order valence-electron chi connectivity index (χ4n) is 9.42. The molecule has 260 valence electrons. The van der Waals surface area contributed by atoms with Crippen molar-refractivity contribution in [2.24, 2.45) is 23.7 Å². The molecule has 0 aromatic heterocycles. The van der Waals surface area contributed by atoms with Crippen LogP contribution in [0.3, 0.4) is 0 Å². The number of aliphatic hydroxyl groups is 2. The van der Waals surface area contributed by atoms with Gasteiger partial charge in [-0.05, 0) is 69.0 Å². The van der Waals surface area contributed by atoms with Gasteiger partial charge < -0.3 is 24.6 Å². The summed E-state index contributed by atoms with van der Waals surface area (Å²) >= 11 is 6.46. The molecule has 3 N–H and O–H groups in total. The Labute approximate surface area is 283 Å². The van der Waals surface area contributed by atoms with Crippen LogP contribution in [0.4, 0.5) is 5.69 Å². The van der Waals surface area contributed by atoms with Gasteiger partial charge in [-0.2, -0.15) is 0 Å². The van der Waals surface area contributed by atoms with Crippen molar-refractivity contribution in [1.29, 1.82) is 0 Å². The molecule has 2 saturated carbocycles. The van der Waals surface area contributed by atoms with Crippen LogP contribution in [-0.2, 0) is 29.5 Å². The number of rotatable bonds is 7. The molecule has 10 nitrogen and oxygen atoms in total. The van der Waals surface area contributed by atoms with Crippen LogP contribution in [0.25, 0.3) is 0 Å². The predicted octanol–water partition coefficient (Wildman–Crippen LogP) is 4.69. The van der Waals surface area contributed by atoms with E-state index >= 15 is 0 Å². The van der Waals surface area contributed by atoms with E-state index in [0.29, 0.717) is 22.3 Å². The third-order valence-electron chi connectivity index (χ3n) is 12.0. The molecular formula is C36H52ClN3O7. The molecule has 2 aliphatic heterocycles. The van der Waals surface area contributed by atoms with Crippen LogP contribution < -0.4 is 10.4 Å². The summed E-state index contributed by atoms with van der Waals surface area (Å²) in [5, 5.41) is 29.7. The largest absolute Gasteiger partial charge is 0.454 e. The Morgan fingerprint density at radius 1 is 1.17 bits per heavy atom. The first-order valence-electron chi connectivity index (χ1n) is 17.4. The number of ether oxygens (including phenoxy) is 2. The summed E-state index contributed by atoms with van der Waals surface area (Å²) in [7, 11) is 3.92. The average molecular weight is 674 g/mol. The molecule has 0 amide bonds. The van der Waals surface area contributed by atoms with Crippen LogP contribution in [-0.4, -0.2) is 83.8 Å². The number of carbonyl (C=O) groups excluding carboxylic acids is 2. The lowest BCUT2D eigenvalue weighted by Gasteiger charge is -2.56. The molecule has 1 aromatic carbocycles. The van der Waals surface area contributed by atoms with E-state index in [9.17, 15) is 19.8 Å². The second-order valence-electron chi connectivity index (χ2n) is 15.0. The molecule has 0 radical (unpaired) electrons. The number of halogens is 1. The molecule has 1 aromatic rings. The summed E-state index contributed by atoms with van der Waals surface area (Å²) in [5.74, 6) is -1.24. The zero-order valence-corrected chi connectivity index (χ0v) is 29.3. The van der Waals surface area contributed by atoms with Gasteiger partial charge in [0, 0.05) is 44.5 Å². The molecule has 3 aliphatic carbocycles. The second-order valence-corrected chi connectivity index (χ2v) is 15.4. The van der Waals surface area contributed by atoms with Crippen LogP contribution in [0.5, 0.6) is 0 Å². The predicted molar refractivity (Wildman–Crippen MR) is 178 cm³/mol. The molecule has 1 unspecified atom stereocenters. The van der Waals surface area contributed by atoms with Gasteiger partial charge in [-0.3, -0.25) is 24.8 Å². The van der Waals surface area contributed by atoms with Gasteiger partial charge in [0.2, 0.25) is 0 Å². The van der Waals surface area contributed by atoms with Crippen molar-refractivity contribution in [3.63, 3.8) is 0 Å². The lowest BCUT2D eigenvalue weighted by molar-refractivity contribution is -0.225. The van der Waals surface area contributed by atoms with Crippen molar-refractivity contribution in [2.75, 3.05) is 25.7 Å². The van der Waals surface area contributed by atoms with E-state index in [4.69, 9.17) is 25.9 Å². The monoisotopic (exact) mass is 673 g/mol. The Balaban J connectivity index is 1.27. The van der Waals surface area contributed by atoms with E-state index in [2.05, 4.69) is 30.3 Å². The first kappa shape index (κ1) is 34.6. The molecule has 0 bridgehead atoms. The summed E-state index contributed by atoms with van der Waals surface area (Å²) in [6.45, 7) is 8.41. The molecule has 10 atom stereocenters. The highest BCUT2D eigenvalue weighted by atomic mass is 35.5. The number of benzene rings is 1. The van der Waals surface area contributed by atoms with Gasteiger partial charge in [0.15, 0.2) is 18.4 Å². The summed E-state index contributed by atoms with van der Waals surface area (Å²) in [6, 6.07) is 4.89. The van der Waals surface area contributed by atoms with E-state index < -0.39 is 47.6 Å². The summed E-state index contributed by atoms with van der Waals surface area (Å²) in [6.07, 6.45) is 7.07. The maximum Gasteiger partial charge on any atom is 0.323 e. The van der Waals surface area contributed by atoms with Gasteiger partial charge >= 0.3 is 11.9 Å². The smallest absolute Gasteiger partial charge is 0.323 e. The molecule has 2 heterocycles. The van der Waals surface area contributed by atoms with E-state index in [-0.39, 0.29) is 30.1 Å². The number of fused-ring (bicyclic) bond motifs is 4. The Morgan fingerprint density at radius 3 is 2.60 bits per heavy atom. The number of nitrogens with one attached hydrogen (secondary N) is 1. The van der Waals surface area contributed by atoms with E-state index in [1.807, 2.05) is 13.8 Å². The minimum atomic E-state index is -1.55. The van der Waals surface area contributed by atoms with E-state index in [1.165, 1.54) is 44.1 Å².